The molecule has 2 rings (SSSR count). The highest BCUT2D eigenvalue weighted by Gasteiger charge is 2.22. The van der Waals surface area contributed by atoms with Crippen molar-refractivity contribution in [1.29, 1.82) is 0 Å². The van der Waals surface area contributed by atoms with Crippen molar-refractivity contribution >= 4 is 17.4 Å². The fourth-order valence-corrected chi connectivity index (χ4v) is 1.94. The van der Waals surface area contributed by atoms with Gasteiger partial charge < -0.3 is 5.32 Å². The van der Waals surface area contributed by atoms with Gasteiger partial charge in [0.15, 0.2) is 0 Å². The predicted molar refractivity (Wildman–Crippen MR) is 62.3 cm³/mol. The van der Waals surface area contributed by atoms with Crippen molar-refractivity contribution in [2.24, 2.45) is 5.92 Å². The molecule has 0 amide bonds. The molecule has 0 saturated heterocycles. The number of anilines is 1. The Morgan fingerprint density at radius 3 is 2.80 bits per heavy atom. The fraction of sp³-hybridized carbons (Fsp3) is 0.636. The van der Waals surface area contributed by atoms with Gasteiger partial charge in [0.05, 0.1) is 0 Å². The van der Waals surface area contributed by atoms with E-state index in [1.165, 1.54) is 19.2 Å². The molecule has 0 aliphatic heterocycles. The van der Waals surface area contributed by atoms with Gasteiger partial charge in [-0.2, -0.15) is 0 Å². The molecule has 0 bridgehead atoms. The summed E-state index contributed by atoms with van der Waals surface area (Å²) in [6, 6.07) is 0. The zero-order chi connectivity index (χ0) is 10.8. The Balaban J connectivity index is 2.15. The quantitative estimate of drug-likeness (QED) is 0.801. The van der Waals surface area contributed by atoms with Crippen molar-refractivity contribution in [1.82, 2.24) is 9.97 Å². The molecule has 4 heteroatoms. The predicted octanol–water partition coefficient (Wildman–Crippen LogP) is 3.08. The lowest BCUT2D eigenvalue weighted by molar-refractivity contribution is 0.829. The van der Waals surface area contributed by atoms with Crippen LogP contribution in [0.3, 0.4) is 0 Å². The van der Waals surface area contributed by atoms with Gasteiger partial charge in [-0.1, -0.05) is 25.4 Å². The Labute approximate surface area is 95.3 Å². The molecule has 1 aliphatic carbocycles. The second-order valence-corrected chi connectivity index (χ2v) is 4.76. The minimum atomic E-state index is 0.348. The van der Waals surface area contributed by atoms with Crippen LogP contribution in [0.15, 0.2) is 6.33 Å². The summed E-state index contributed by atoms with van der Waals surface area (Å²) in [7, 11) is 0. The van der Waals surface area contributed by atoms with Crippen molar-refractivity contribution in [3.8, 4) is 0 Å². The van der Waals surface area contributed by atoms with Gasteiger partial charge >= 0.3 is 0 Å². The normalized spacial score (nSPS) is 15.7. The molecule has 1 N–H and O–H groups in total. The maximum Gasteiger partial charge on any atom is 0.138 e. The van der Waals surface area contributed by atoms with Crippen LogP contribution in [0.4, 0.5) is 5.82 Å². The van der Waals surface area contributed by atoms with Crippen molar-refractivity contribution in [2.75, 3.05) is 11.9 Å². The first-order chi connectivity index (χ1) is 7.18. The average Bonchev–Trinajstić information content (AvgIpc) is 2.97. The highest BCUT2D eigenvalue weighted by molar-refractivity contribution is 6.30. The molecule has 15 heavy (non-hydrogen) atoms. The summed E-state index contributed by atoms with van der Waals surface area (Å²) in [4.78, 5) is 8.27. The van der Waals surface area contributed by atoms with Crippen LogP contribution in [0.25, 0.3) is 0 Å². The maximum atomic E-state index is 6.06. The Hall–Kier alpha value is -0.830. The molecule has 1 aromatic rings. The average molecular weight is 226 g/mol. The molecule has 1 saturated carbocycles. The second-order valence-electron chi connectivity index (χ2n) is 4.41. The van der Waals surface area contributed by atoms with Crippen molar-refractivity contribution in [2.45, 2.75) is 32.6 Å². The Bertz CT molecular complexity index is 348. The number of hydrogen-bond donors (Lipinski definition) is 1. The van der Waals surface area contributed by atoms with E-state index in [0.717, 1.165) is 23.8 Å². The summed E-state index contributed by atoms with van der Waals surface area (Å²) < 4.78 is 0. The summed E-state index contributed by atoms with van der Waals surface area (Å²) in [5.41, 5.74) is 1.03. The molecule has 82 valence electrons. The van der Waals surface area contributed by atoms with Crippen LogP contribution >= 0.6 is 11.6 Å². The van der Waals surface area contributed by atoms with E-state index in [0.29, 0.717) is 11.1 Å². The van der Waals surface area contributed by atoms with Gasteiger partial charge in [0, 0.05) is 12.1 Å². The number of nitrogens with zero attached hydrogens (tertiary/aromatic N) is 2. The van der Waals surface area contributed by atoms with Gasteiger partial charge in [-0.15, -0.1) is 0 Å². The third-order valence-corrected chi connectivity index (χ3v) is 2.97. The first-order valence-corrected chi connectivity index (χ1v) is 5.80. The van der Waals surface area contributed by atoms with E-state index in [2.05, 4.69) is 29.1 Å². The largest absolute Gasteiger partial charge is 0.369 e. The minimum absolute atomic E-state index is 0.348. The maximum absolute atomic E-state index is 6.06. The molecule has 1 aliphatic rings. The van der Waals surface area contributed by atoms with Crippen LogP contribution in [0.2, 0.25) is 5.15 Å². The monoisotopic (exact) mass is 225 g/mol. The first kappa shape index (κ1) is 10.7. The lowest BCUT2D eigenvalue weighted by Crippen LogP contribution is -2.09. The second kappa shape index (κ2) is 4.35. The minimum Gasteiger partial charge on any atom is -0.369 e. The molecular weight excluding hydrogens is 210 g/mol. The Morgan fingerprint density at radius 2 is 2.20 bits per heavy atom. The van der Waals surface area contributed by atoms with Gasteiger partial charge in [0.2, 0.25) is 0 Å². The standard InChI is InChI=1S/C11H16ClN3/c1-7(2)9-10(12)14-6-15-11(9)13-5-8-3-4-8/h6-8H,3-5H2,1-2H3,(H,13,14,15). The lowest BCUT2D eigenvalue weighted by atomic mass is 10.1. The first-order valence-electron chi connectivity index (χ1n) is 5.42. The number of rotatable bonds is 4. The van der Waals surface area contributed by atoms with Gasteiger partial charge in [-0.25, -0.2) is 9.97 Å². The topological polar surface area (TPSA) is 37.8 Å². The molecule has 3 nitrogen and oxygen atoms in total. The van der Waals surface area contributed by atoms with Gasteiger partial charge in [-0.3, -0.25) is 0 Å². The van der Waals surface area contributed by atoms with E-state index in [1.807, 2.05) is 0 Å². The van der Waals surface area contributed by atoms with Crippen molar-refractivity contribution in [3.05, 3.63) is 17.0 Å². The molecule has 0 unspecified atom stereocenters. The smallest absolute Gasteiger partial charge is 0.138 e. The molecule has 1 fully saturated rings. The third kappa shape index (κ3) is 2.59. The number of halogens is 1. The molecule has 0 atom stereocenters. The third-order valence-electron chi connectivity index (χ3n) is 2.67. The molecular formula is C11H16ClN3. The molecule has 0 spiro atoms. The van der Waals surface area contributed by atoms with Crippen LogP contribution in [0.1, 0.15) is 38.2 Å². The highest BCUT2D eigenvalue weighted by atomic mass is 35.5. The van der Waals surface area contributed by atoms with E-state index >= 15 is 0 Å². The fourth-order valence-electron chi connectivity index (χ4n) is 1.59. The van der Waals surface area contributed by atoms with Crippen LogP contribution < -0.4 is 5.32 Å². The molecule has 1 heterocycles. The van der Waals surface area contributed by atoms with Gasteiger partial charge in [-0.05, 0) is 24.7 Å². The van der Waals surface area contributed by atoms with Crippen LogP contribution in [0, 0.1) is 5.92 Å². The van der Waals surface area contributed by atoms with Crippen LogP contribution in [0.5, 0.6) is 0 Å². The molecule has 0 aromatic carbocycles. The van der Waals surface area contributed by atoms with Crippen molar-refractivity contribution < 1.29 is 0 Å². The highest BCUT2D eigenvalue weighted by Crippen LogP contribution is 2.31. The van der Waals surface area contributed by atoms with E-state index in [1.54, 1.807) is 0 Å². The van der Waals surface area contributed by atoms with Crippen molar-refractivity contribution in [3.63, 3.8) is 0 Å². The van der Waals surface area contributed by atoms with Gasteiger partial charge in [0.1, 0.15) is 17.3 Å². The van der Waals surface area contributed by atoms with E-state index in [-0.39, 0.29) is 0 Å². The van der Waals surface area contributed by atoms with Crippen LogP contribution in [-0.4, -0.2) is 16.5 Å². The summed E-state index contributed by atoms with van der Waals surface area (Å²) in [6.07, 6.45) is 4.19. The summed E-state index contributed by atoms with van der Waals surface area (Å²) in [5, 5.41) is 3.93. The number of hydrogen-bond acceptors (Lipinski definition) is 3. The van der Waals surface area contributed by atoms with Gasteiger partial charge in [0.25, 0.3) is 0 Å². The summed E-state index contributed by atoms with van der Waals surface area (Å²) in [6.45, 7) is 5.22. The van der Waals surface area contributed by atoms with Crippen LogP contribution in [-0.2, 0) is 0 Å². The van der Waals surface area contributed by atoms with E-state index in [9.17, 15) is 0 Å². The van der Waals surface area contributed by atoms with E-state index in [4.69, 9.17) is 11.6 Å². The zero-order valence-corrected chi connectivity index (χ0v) is 9.88. The zero-order valence-electron chi connectivity index (χ0n) is 9.13. The molecule has 0 radical (unpaired) electrons. The summed E-state index contributed by atoms with van der Waals surface area (Å²) >= 11 is 6.06. The number of aromatic nitrogens is 2. The summed E-state index contributed by atoms with van der Waals surface area (Å²) in [5.74, 6) is 2.08. The van der Waals surface area contributed by atoms with E-state index < -0.39 is 0 Å². The lowest BCUT2D eigenvalue weighted by Gasteiger charge is -2.13. The SMILES string of the molecule is CC(C)c1c(Cl)ncnc1NCC1CC1. The molecule has 1 aromatic heterocycles. The Morgan fingerprint density at radius 1 is 1.47 bits per heavy atom. The number of nitrogens with one attached hydrogen (secondary N) is 1. The Kier molecular flexibility index (Phi) is 3.10.